The Morgan fingerprint density at radius 3 is 2.29 bits per heavy atom. The second-order valence-corrected chi connectivity index (χ2v) is 6.04. The Bertz CT molecular complexity index is 197. The lowest BCUT2D eigenvalue weighted by Gasteiger charge is -2.35. The average molecular weight is 196 g/mol. The summed E-state index contributed by atoms with van der Waals surface area (Å²) >= 11 is 0. The van der Waals surface area contributed by atoms with Crippen molar-refractivity contribution in [2.75, 3.05) is 0 Å². The van der Waals surface area contributed by atoms with E-state index in [1.165, 1.54) is 44.9 Å². The fourth-order valence-electron chi connectivity index (χ4n) is 2.93. The normalized spacial score (nSPS) is 31.1. The predicted molar refractivity (Wildman–Crippen MR) is 59.2 cm³/mol. The van der Waals surface area contributed by atoms with E-state index < -0.39 is 5.60 Å². The van der Waals surface area contributed by atoms with Gasteiger partial charge in [-0.25, -0.2) is 0 Å². The molecule has 2 aliphatic carbocycles. The van der Waals surface area contributed by atoms with Gasteiger partial charge in [0, 0.05) is 0 Å². The van der Waals surface area contributed by atoms with Crippen molar-refractivity contribution in [1.29, 1.82) is 0 Å². The smallest absolute Gasteiger partial charge is 0.0675 e. The molecule has 1 atom stereocenters. The summed E-state index contributed by atoms with van der Waals surface area (Å²) in [6.45, 7) is 4.31. The molecular weight excluding hydrogens is 172 g/mol. The van der Waals surface area contributed by atoms with Crippen molar-refractivity contribution in [1.82, 2.24) is 0 Å². The molecule has 2 rings (SSSR count). The van der Waals surface area contributed by atoms with Crippen molar-refractivity contribution < 1.29 is 5.11 Å². The third kappa shape index (κ3) is 1.98. The van der Waals surface area contributed by atoms with E-state index in [-0.39, 0.29) is 5.41 Å². The maximum Gasteiger partial charge on any atom is 0.0675 e. The highest BCUT2D eigenvalue weighted by molar-refractivity contribution is 5.03. The molecule has 0 aliphatic heterocycles. The van der Waals surface area contributed by atoms with Crippen molar-refractivity contribution in [3.63, 3.8) is 0 Å². The van der Waals surface area contributed by atoms with Crippen molar-refractivity contribution in [3.05, 3.63) is 0 Å². The van der Waals surface area contributed by atoms with E-state index in [2.05, 4.69) is 13.8 Å². The van der Waals surface area contributed by atoms with E-state index >= 15 is 0 Å². The predicted octanol–water partition coefficient (Wildman–Crippen LogP) is 3.51. The van der Waals surface area contributed by atoms with Crippen LogP contribution >= 0.6 is 0 Å². The molecule has 2 saturated carbocycles. The van der Waals surface area contributed by atoms with Gasteiger partial charge in [-0.3, -0.25) is 0 Å². The molecule has 0 aromatic rings. The molecule has 0 aromatic carbocycles. The zero-order valence-electron chi connectivity index (χ0n) is 9.68. The Hall–Kier alpha value is -0.0400. The Labute approximate surface area is 87.9 Å². The third-order valence-corrected chi connectivity index (χ3v) is 4.71. The monoisotopic (exact) mass is 196 g/mol. The van der Waals surface area contributed by atoms with E-state index in [0.29, 0.717) is 0 Å². The maximum atomic E-state index is 10.5. The van der Waals surface area contributed by atoms with E-state index in [1.807, 2.05) is 0 Å². The molecule has 0 heterocycles. The van der Waals surface area contributed by atoms with Gasteiger partial charge < -0.3 is 5.11 Å². The molecule has 14 heavy (non-hydrogen) atoms. The van der Waals surface area contributed by atoms with Gasteiger partial charge >= 0.3 is 0 Å². The van der Waals surface area contributed by atoms with Crippen LogP contribution in [0.15, 0.2) is 0 Å². The molecule has 0 bridgehead atoms. The van der Waals surface area contributed by atoms with Crippen molar-refractivity contribution in [2.24, 2.45) is 11.3 Å². The summed E-state index contributed by atoms with van der Waals surface area (Å²) in [6.07, 6.45) is 10.4. The SMILES string of the molecule is CC(O)(CC1CCCCC1)C1(C)CC1. The van der Waals surface area contributed by atoms with Crippen molar-refractivity contribution in [3.8, 4) is 0 Å². The zero-order chi connectivity index (χ0) is 10.2. The Kier molecular flexibility index (Phi) is 2.63. The minimum absolute atomic E-state index is 0.254. The van der Waals surface area contributed by atoms with Crippen LogP contribution in [-0.4, -0.2) is 10.7 Å². The van der Waals surface area contributed by atoms with Gasteiger partial charge in [0.1, 0.15) is 0 Å². The minimum Gasteiger partial charge on any atom is -0.390 e. The van der Waals surface area contributed by atoms with Gasteiger partial charge in [0.15, 0.2) is 0 Å². The summed E-state index contributed by atoms with van der Waals surface area (Å²) in [4.78, 5) is 0. The highest BCUT2D eigenvalue weighted by Gasteiger charge is 2.52. The first-order valence-corrected chi connectivity index (χ1v) is 6.26. The van der Waals surface area contributed by atoms with Crippen LogP contribution in [0.2, 0.25) is 0 Å². The largest absolute Gasteiger partial charge is 0.390 e. The fraction of sp³-hybridized carbons (Fsp3) is 1.00. The quantitative estimate of drug-likeness (QED) is 0.732. The third-order valence-electron chi connectivity index (χ3n) is 4.71. The standard InChI is InChI=1S/C13H24O/c1-12(8-9-12)13(2,14)10-11-6-4-3-5-7-11/h11,14H,3-10H2,1-2H3. The highest BCUT2D eigenvalue weighted by Crippen LogP contribution is 2.56. The van der Waals surface area contributed by atoms with Crippen LogP contribution in [0.3, 0.4) is 0 Å². The van der Waals surface area contributed by atoms with Gasteiger partial charge in [0.2, 0.25) is 0 Å². The van der Waals surface area contributed by atoms with Crippen LogP contribution in [0.4, 0.5) is 0 Å². The lowest BCUT2D eigenvalue weighted by atomic mass is 9.75. The second kappa shape index (κ2) is 3.52. The summed E-state index contributed by atoms with van der Waals surface area (Å²) in [6, 6.07) is 0. The van der Waals surface area contributed by atoms with Gasteiger partial charge in [-0.2, -0.15) is 0 Å². The second-order valence-electron chi connectivity index (χ2n) is 6.04. The molecule has 0 spiro atoms. The van der Waals surface area contributed by atoms with Gasteiger partial charge in [0.05, 0.1) is 5.60 Å². The molecular formula is C13H24O. The molecule has 82 valence electrons. The summed E-state index contributed by atoms with van der Waals surface area (Å²) in [5, 5.41) is 10.5. The summed E-state index contributed by atoms with van der Waals surface area (Å²) in [5.74, 6) is 0.802. The first kappa shape index (κ1) is 10.5. The molecule has 1 N–H and O–H groups in total. The molecule has 1 heteroatoms. The summed E-state index contributed by atoms with van der Waals surface area (Å²) < 4.78 is 0. The fourth-order valence-corrected chi connectivity index (χ4v) is 2.93. The summed E-state index contributed by atoms with van der Waals surface area (Å²) in [5.41, 5.74) is -0.139. The van der Waals surface area contributed by atoms with E-state index in [9.17, 15) is 5.11 Å². The highest BCUT2D eigenvalue weighted by atomic mass is 16.3. The van der Waals surface area contributed by atoms with E-state index in [1.54, 1.807) is 0 Å². The van der Waals surface area contributed by atoms with E-state index in [0.717, 1.165) is 12.3 Å². The molecule has 2 aliphatic rings. The van der Waals surface area contributed by atoms with Crippen LogP contribution in [0.1, 0.15) is 65.2 Å². The summed E-state index contributed by atoms with van der Waals surface area (Å²) in [7, 11) is 0. The van der Waals surface area contributed by atoms with Crippen LogP contribution in [-0.2, 0) is 0 Å². The van der Waals surface area contributed by atoms with Crippen LogP contribution in [0.5, 0.6) is 0 Å². The van der Waals surface area contributed by atoms with Crippen LogP contribution in [0.25, 0.3) is 0 Å². The molecule has 1 nitrogen and oxygen atoms in total. The lowest BCUT2D eigenvalue weighted by molar-refractivity contribution is -0.0327. The number of rotatable bonds is 3. The number of hydrogen-bond donors (Lipinski definition) is 1. The van der Waals surface area contributed by atoms with Gasteiger partial charge in [-0.15, -0.1) is 0 Å². The number of hydrogen-bond acceptors (Lipinski definition) is 1. The minimum atomic E-state index is -0.394. The first-order chi connectivity index (χ1) is 6.54. The Morgan fingerprint density at radius 1 is 1.21 bits per heavy atom. The maximum absolute atomic E-state index is 10.5. The van der Waals surface area contributed by atoms with Crippen LogP contribution < -0.4 is 0 Å². The van der Waals surface area contributed by atoms with Gasteiger partial charge in [0.25, 0.3) is 0 Å². The molecule has 0 saturated heterocycles. The average Bonchev–Trinajstić information content (AvgIpc) is 2.86. The van der Waals surface area contributed by atoms with Crippen molar-refractivity contribution in [2.45, 2.75) is 70.8 Å². The van der Waals surface area contributed by atoms with Crippen LogP contribution in [0, 0.1) is 11.3 Å². The molecule has 0 aromatic heterocycles. The molecule has 0 amide bonds. The van der Waals surface area contributed by atoms with Gasteiger partial charge in [-0.1, -0.05) is 39.0 Å². The topological polar surface area (TPSA) is 20.2 Å². The number of aliphatic hydroxyl groups is 1. The van der Waals surface area contributed by atoms with Gasteiger partial charge in [-0.05, 0) is 37.5 Å². The molecule has 1 unspecified atom stereocenters. The first-order valence-electron chi connectivity index (χ1n) is 6.26. The molecule has 0 radical (unpaired) electrons. The lowest BCUT2D eigenvalue weighted by Crippen LogP contribution is -2.37. The molecule has 2 fully saturated rings. The zero-order valence-corrected chi connectivity index (χ0v) is 9.68. The van der Waals surface area contributed by atoms with Crippen molar-refractivity contribution >= 4 is 0 Å². The van der Waals surface area contributed by atoms with E-state index in [4.69, 9.17) is 0 Å². The Balaban J connectivity index is 1.88. The Morgan fingerprint density at radius 2 is 1.79 bits per heavy atom.